The molecule has 0 aromatic heterocycles. The van der Waals surface area contributed by atoms with Crippen molar-refractivity contribution in [3.8, 4) is 0 Å². The minimum Gasteiger partial charge on any atom is -0.372 e. The van der Waals surface area contributed by atoms with Crippen LogP contribution in [0.5, 0.6) is 0 Å². The van der Waals surface area contributed by atoms with Gasteiger partial charge in [0.15, 0.2) is 0 Å². The number of rotatable bonds is 7. The normalized spacial score (nSPS) is 15.0. The molecule has 0 fully saturated rings. The Morgan fingerprint density at radius 3 is 2.37 bits per heavy atom. The van der Waals surface area contributed by atoms with Gasteiger partial charge in [-0.2, -0.15) is 0 Å². The Labute approximate surface area is 161 Å². The first kappa shape index (κ1) is 18.6. The van der Waals surface area contributed by atoms with Gasteiger partial charge in [0.1, 0.15) is 0 Å². The largest absolute Gasteiger partial charge is 0.372 e. The Balaban J connectivity index is 1.75. The highest BCUT2D eigenvalue weighted by atomic mass is 15.1. The Bertz CT molecular complexity index is 861. The quantitative estimate of drug-likeness (QED) is 0.635. The van der Waals surface area contributed by atoms with Crippen LogP contribution in [0.3, 0.4) is 0 Å². The van der Waals surface area contributed by atoms with Gasteiger partial charge in [-0.05, 0) is 68.0 Å². The van der Waals surface area contributed by atoms with Crippen molar-refractivity contribution in [2.45, 2.75) is 20.3 Å². The van der Waals surface area contributed by atoms with E-state index in [-0.39, 0.29) is 0 Å². The third-order valence-electron chi connectivity index (χ3n) is 4.40. The lowest BCUT2D eigenvalue weighted by Crippen LogP contribution is -2.23. The van der Waals surface area contributed by atoms with Crippen LogP contribution >= 0.6 is 0 Å². The molecule has 0 radical (unpaired) electrons. The van der Waals surface area contributed by atoms with E-state index in [9.17, 15) is 0 Å². The maximum atomic E-state index is 8.11. The minimum absolute atomic E-state index is 0.415. The molecular weight excluding hydrogens is 332 g/mol. The number of para-hydroxylation sites is 1. The molecule has 0 aliphatic heterocycles. The van der Waals surface area contributed by atoms with E-state index in [1.165, 1.54) is 5.69 Å². The van der Waals surface area contributed by atoms with Crippen LogP contribution in [0.2, 0.25) is 0 Å². The molecule has 1 aliphatic carbocycles. The smallest absolute Gasteiger partial charge is 0.0906 e. The molecule has 3 rings (SSSR count). The number of nitrogens with zero attached hydrogens (tertiary/aromatic N) is 2. The summed E-state index contributed by atoms with van der Waals surface area (Å²) in [6.07, 6.45) is 6.74. The molecule has 0 bridgehead atoms. The zero-order valence-corrected chi connectivity index (χ0v) is 15.9. The summed E-state index contributed by atoms with van der Waals surface area (Å²) >= 11 is 0. The standard InChI is InChI=1S/C23H26N4/c1-3-16-27(4-2)21-13-10-19(11-14-21)25-20-12-15-22(24)23(17-20)26-18-8-6-5-7-9-18/h5-15,17,24-25H,3-4,16H2,1-2H3. The summed E-state index contributed by atoms with van der Waals surface area (Å²) in [6.45, 7) is 6.46. The predicted molar refractivity (Wildman–Crippen MR) is 117 cm³/mol. The van der Waals surface area contributed by atoms with Crippen molar-refractivity contribution < 1.29 is 0 Å². The van der Waals surface area contributed by atoms with E-state index in [1.807, 2.05) is 42.5 Å². The van der Waals surface area contributed by atoms with Gasteiger partial charge in [0.05, 0.1) is 17.1 Å². The van der Waals surface area contributed by atoms with Crippen LogP contribution in [-0.2, 0) is 0 Å². The van der Waals surface area contributed by atoms with Gasteiger partial charge in [0.2, 0.25) is 0 Å². The summed E-state index contributed by atoms with van der Waals surface area (Å²) in [4.78, 5) is 6.95. The lowest BCUT2D eigenvalue weighted by Gasteiger charge is -2.22. The molecule has 27 heavy (non-hydrogen) atoms. The topological polar surface area (TPSA) is 51.5 Å². The Kier molecular flexibility index (Phi) is 6.21. The number of aliphatic imine (C=N–C) groups is 1. The summed E-state index contributed by atoms with van der Waals surface area (Å²) < 4.78 is 0. The van der Waals surface area contributed by atoms with Crippen LogP contribution in [0, 0.1) is 5.41 Å². The van der Waals surface area contributed by atoms with Crippen LogP contribution in [0.1, 0.15) is 20.3 Å². The van der Waals surface area contributed by atoms with Crippen molar-refractivity contribution in [2.75, 3.05) is 23.3 Å². The van der Waals surface area contributed by atoms with E-state index in [4.69, 9.17) is 5.41 Å². The second-order valence-corrected chi connectivity index (χ2v) is 6.43. The predicted octanol–water partition coefficient (Wildman–Crippen LogP) is 5.58. The van der Waals surface area contributed by atoms with Crippen LogP contribution in [0.15, 0.2) is 83.5 Å². The zero-order valence-electron chi connectivity index (χ0n) is 15.9. The lowest BCUT2D eigenvalue weighted by atomic mass is 10.1. The van der Waals surface area contributed by atoms with Crippen LogP contribution in [0.4, 0.5) is 17.1 Å². The van der Waals surface area contributed by atoms with E-state index >= 15 is 0 Å². The minimum atomic E-state index is 0.415. The van der Waals surface area contributed by atoms with Gasteiger partial charge in [0.25, 0.3) is 0 Å². The highest BCUT2D eigenvalue weighted by Gasteiger charge is 2.10. The average molecular weight is 358 g/mol. The number of nitrogens with one attached hydrogen (secondary N) is 2. The summed E-state index contributed by atoms with van der Waals surface area (Å²) in [7, 11) is 0. The first-order valence-electron chi connectivity index (χ1n) is 9.44. The van der Waals surface area contributed by atoms with Crippen molar-refractivity contribution in [2.24, 2.45) is 4.99 Å². The summed E-state index contributed by atoms with van der Waals surface area (Å²) in [5, 5.41) is 11.5. The van der Waals surface area contributed by atoms with Crippen LogP contribution in [0.25, 0.3) is 0 Å². The molecule has 0 spiro atoms. The van der Waals surface area contributed by atoms with Crippen molar-refractivity contribution in [1.82, 2.24) is 0 Å². The van der Waals surface area contributed by atoms with E-state index in [0.717, 1.165) is 36.6 Å². The SMILES string of the molecule is CCCN(CC)c1ccc(NC2=CC(=Nc3ccccc3)C(=N)C=C2)cc1. The molecule has 2 aromatic carbocycles. The third kappa shape index (κ3) is 4.94. The van der Waals surface area contributed by atoms with Crippen molar-refractivity contribution in [3.63, 3.8) is 0 Å². The Hall–Kier alpha value is -3.14. The number of allylic oxidation sites excluding steroid dienone is 3. The van der Waals surface area contributed by atoms with Gasteiger partial charge < -0.3 is 10.2 Å². The Morgan fingerprint density at radius 1 is 0.963 bits per heavy atom. The van der Waals surface area contributed by atoms with Crippen LogP contribution < -0.4 is 10.2 Å². The molecule has 0 heterocycles. The van der Waals surface area contributed by atoms with Gasteiger partial charge in [0, 0.05) is 30.2 Å². The van der Waals surface area contributed by atoms with Gasteiger partial charge >= 0.3 is 0 Å². The molecule has 4 nitrogen and oxygen atoms in total. The summed E-state index contributed by atoms with van der Waals surface area (Å²) in [6, 6.07) is 18.2. The number of benzene rings is 2. The molecule has 0 saturated carbocycles. The molecule has 4 heteroatoms. The second kappa shape index (κ2) is 8.99. The third-order valence-corrected chi connectivity index (χ3v) is 4.40. The fourth-order valence-electron chi connectivity index (χ4n) is 3.01. The molecule has 0 saturated heterocycles. The molecular formula is C23H26N4. The summed E-state index contributed by atoms with van der Waals surface area (Å²) in [5.41, 5.74) is 5.11. The van der Waals surface area contributed by atoms with Crippen LogP contribution in [-0.4, -0.2) is 24.5 Å². The van der Waals surface area contributed by atoms with E-state index < -0.39 is 0 Å². The fourth-order valence-corrected chi connectivity index (χ4v) is 3.01. The highest BCUT2D eigenvalue weighted by Crippen LogP contribution is 2.21. The zero-order chi connectivity index (χ0) is 19.1. The molecule has 2 aromatic rings. The van der Waals surface area contributed by atoms with E-state index in [0.29, 0.717) is 11.4 Å². The number of anilines is 2. The summed E-state index contributed by atoms with van der Waals surface area (Å²) in [5.74, 6) is 0. The number of hydrogen-bond acceptors (Lipinski definition) is 4. The molecule has 0 atom stereocenters. The Morgan fingerprint density at radius 2 is 1.70 bits per heavy atom. The van der Waals surface area contributed by atoms with Crippen molar-refractivity contribution in [3.05, 3.63) is 78.5 Å². The van der Waals surface area contributed by atoms with Gasteiger partial charge in [-0.3, -0.25) is 5.41 Å². The molecule has 2 N–H and O–H groups in total. The maximum Gasteiger partial charge on any atom is 0.0906 e. The van der Waals surface area contributed by atoms with E-state index in [1.54, 1.807) is 6.08 Å². The van der Waals surface area contributed by atoms with E-state index in [2.05, 4.69) is 53.3 Å². The lowest BCUT2D eigenvalue weighted by molar-refractivity contribution is 0.792. The average Bonchev–Trinajstić information content (AvgIpc) is 2.70. The highest BCUT2D eigenvalue weighted by molar-refractivity contribution is 6.50. The van der Waals surface area contributed by atoms with Crippen molar-refractivity contribution in [1.29, 1.82) is 5.41 Å². The van der Waals surface area contributed by atoms with Crippen molar-refractivity contribution >= 4 is 28.5 Å². The monoisotopic (exact) mass is 358 g/mol. The fraction of sp³-hybridized carbons (Fsp3) is 0.217. The molecule has 0 unspecified atom stereocenters. The molecule has 138 valence electrons. The molecule has 1 aliphatic rings. The molecule has 0 amide bonds. The van der Waals surface area contributed by atoms with Gasteiger partial charge in [-0.25, -0.2) is 4.99 Å². The second-order valence-electron chi connectivity index (χ2n) is 6.43. The van der Waals surface area contributed by atoms with Gasteiger partial charge in [-0.15, -0.1) is 0 Å². The first-order valence-corrected chi connectivity index (χ1v) is 9.44. The number of hydrogen-bond donors (Lipinski definition) is 2. The maximum absolute atomic E-state index is 8.11. The first-order chi connectivity index (χ1) is 13.2. The van der Waals surface area contributed by atoms with Gasteiger partial charge in [-0.1, -0.05) is 25.1 Å².